The van der Waals surface area contributed by atoms with Gasteiger partial charge in [-0.15, -0.1) is 0 Å². The summed E-state index contributed by atoms with van der Waals surface area (Å²) >= 11 is 0. The Hall–Kier alpha value is -1.68. The van der Waals surface area contributed by atoms with Gasteiger partial charge in [0.1, 0.15) is 0 Å². The predicted octanol–water partition coefficient (Wildman–Crippen LogP) is 2.60. The van der Waals surface area contributed by atoms with Crippen LogP contribution in [0.5, 0.6) is 0 Å². The lowest BCUT2D eigenvalue weighted by Crippen LogP contribution is -2.11. The molecule has 2 N–H and O–H groups in total. The number of nitrogens with two attached hydrogens (primary N) is 1. The van der Waals surface area contributed by atoms with Crippen LogP contribution in [0.4, 0.5) is 0 Å². The summed E-state index contributed by atoms with van der Waals surface area (Å²) < 4.78 is 1.93. The van der Waals surface area contributed by atoms with Gasteiger partial charge >= 0.3 is 0 Å². The van der Waals surface area contributed by atoms with Crippen LogP contribution in [0.15, 0.2) is 18.3 Å². The Morgan fingerprint density at radius 3 is 2.44 bits per heavy atom. The smallest absolute Gasteiger partial charge is 0.0832 e. The zero-order valence-electron chi connectivity index (χ0n) is 11.4. The number of aromatic nitrogens is 3. The Balaban J connectivity index is 2.37. The average molecular weight is 244 g/mol. The molecule has 2 heterocycles. The Kier molecular flexibility index (Phi) is 3.48. The van der Waals surface area contributed by atoms with Crippen LogP contribution in [0.1, 0.15) is 42.0 Å². The Morgan fingerprint density at radius 2 is 2.00 bits per heavy atom. The Morgan fingerprint density at radius 1 is 1.28 bits per heavy atom. The molecular weight excluding hydrogens is 224 g/mol. The van der Waals surface area contributed by atoms with Crippen LogP contribution in [0, 0.1) is 20.8 Å². The third-order valence-corrected chi connectivity index (χ3v) is 3.49. The Bertz CT molecular complexity index is 540. The van der Waals surface area contributed by atoms with Gasteiger partial charge in [-0.2, -0.15) is 5.10 Å². The van der Waals surface area contributed by atoms with Crippen molar-refractivity contribution in [1.29, 1.82) is 0 Å². The highest BCUT2D eigenvalue weighted by Gasteiger charge is 2.10. The molecule has 4 nitrogen and oxygen atoms in total. The quantitative estimate of drug-likeness (QED) is 0.903. The highest BCUT2D eigenvalue weighted by Crippen LogP contribution is 2.18. The minimum Gasteiger partial charge on any atom is -0.323 e. The maximum absolute atomic E-state index is 5.96. The monoisotopic (exact) mass is 244 g/mol. The standard InChI is InChI=1S/C14H20N4/c1-5-13(15)14-7-6-12(8-16-14)18-11(4)9(2)10(3)17-18/h6-8,13H,5,15H2,1-4H3/t13-/m1/s1. The van der Waals surface area contributed by atoms with E-state index in [-0.39, 0.29) is 6.04 Å². The predicted molar refractivity (Wildman–Crippen MR) is 72.8 cm³/mol. The van der Waals surface area contributed by atoms with Crippen molar-refractivity contribution >= 4 is 0 Å². The van der Waals surface area contributed by atoms with Crippen molar-refractivity contribution in [1.82, 2.24) is 14.8 Å². The van der Waals surface area contributed by atoms with E-state index >= 15 is 0 Å². The third-order valence-electron chi connectivity index (χ3n) is 3.49. The van der Waals surface area contributed by atoms with Crippen LogP contribution in [-0.2, 0) is 0 Å². The molecule has 0 aromatic carbocycles. The van der Waals surface area contributed by atoms with Crippen molar-refractivity contribution in [3.63, 3.8) is 0 Å². The summed E-state index contributed by atoms with van der Waals surface area (Å²) in [6, 6.07) is 4.02. The molecule has 1 atom stereocenters. The zero-order chi connectivity index (χ0) is 13.3. The highest BCUT2D eigenvalue weighted by molar-refractivity contribution is 5.35. The summed E-state index contributed by atoms with van der Waals surface area (Å²) in [6.07, 6.45) is 2.73. The van der Waals surface area contributed by atoms with E-state index in [0.29, 0.717) is 0 Å². The number of hydrogen-bond acceptors (Lipinski definition) is 3. The number of nitrogens with zero attached hydrogens (tertiary/aromatic N) is 3. The fraction of sp³-hybridized carbons (Fsp3) is 0.429. The normalized spacial score (nSPS) is 12.7. The van der Waals surface area contributed by atoms with Gasteiger partial charge in [0.25, 0.3) is 0 Å². The second-order valence-corrected chi connectivity index (χ2v) is 4.66. The molecule has 96 valence electrons. The summed E-state index contributed by atoms with van der Waals surface area (Å²) in [5.74, 6) is 0. The van der Waals surface area contributed by atoms with Crippen LogP contribution in [0.25, 0.3) is 5.69 Å². The van der Waals surface area contributed by atoms with Gasteiger partial charge in [0, 0.05) is 11.7 Å². The van der Waals surface area contributed by atoms with Crippen molar-refractivity contribution in [3.8, 4) is 5.69 Å². The van der Waals surface area contributed by atoms with Gasteiger partial charge in [-0.05, 0) is 44.9 Å². The molecule has 4 heteroatoms. The van der Waals surface area contributed by atoms with E-state index in [4.69, 9.17) is 5.73 Å². The molecule has 2 rings (SSSR count). The van der Waals surface area contributed by atoms with Gasteiger partial charge < -0.3 is 5.73 Å². The van der Waals surface area contributed by atoms with E-state index in [1.807, 2.05) is 29.9 Å². The van der Waals surface area contributed by atoms with Gasteiger partial charge in [-0.25, -0.2) is 4.68 Å². The van der Waals surface area contributed by atoms with Crippen LogP contribution in [-0.4, -0.2) is 14.8 Å². The number of pyridine rings is 1. The van der Waals surface area contributed by atoms with Crippen molar-refractivity contribution in [3.05, 3.63) is 41.0 Å². The van der Waals surface area contributed by atoms with Crippen molar-refractivity contribution in [2.75, 3.05) is 0 Å². The minimum atomic E-state index is 0.0150. The molecule has 0 aliphatic carbocycles. The van der Waals surface area contributed by atoms with E-state index in [2.05, 4.69) is 30.9 Å². The molecule has 0 fully saturated rings. The minimum absolute atomic E-state index is 0.0150. The largest absolute Gasteiger partial charge is 0.323 e. The SMILES string of the molecule is CC[C@@H](N)c1ccc(-n2nc(C)c(C)c2C)cn1. The molecule has 2 aromatic rings. The number of aryl methyl sites for hydroxylation is 1. The number of rotatable bonds is 3. The van der Waals surface area contributed by atoms with Crippen LogP contribution < -0.4 is 5.73 Å². The summed E-state index contributed by atoms with van der Waals surface area (Å²) in [5, 5.41) is 4.52. The molecule has 0 amide bonds. The summed E-state index contributed by atoms with van der Waals surface area (Å²) in [6.45, 7) is 8.24. The fourth-order valence-corrected chi connectivity index (χ4v) is 1.92. The van der Waals surface area contributed by atoms with Crippen LogP contribution >= 0.6 is 0 Å². The highest BCUT2D eigenvalue weighted by atomic mass is 15.3. The fourth-order valence-electron chi connectivity index (χ4n) is 1.92. The van der Waals surface area contributed by atoms with Gasteiger partial charge in [0.2, 0.25) is 0 Å². The van der Waals surface area contributed by atoms with Crippen LogP contribution in [0.2, 0.25) is 0 Å². The van der Waals surface area contributed by atoms with E-state index in [1.165, 1.54) is 5.56 Å². The first-order valence-corrected chi connectivity index (χ1v) is 6.29. The maximum Gasteiger partial charge on any atom is 0.0832 e. The molecule has 0 radical (unpaired) electrons. The molecule has 0 aliphatic heterocycles. The van der Waals surface area contributed by atoms with E-state index < -0.39 is 0 Å². The van der Waals surface area contributed by atoms with Gasteiger partial charge in [-0.1, -0.05) is 6.92 Å². The van der Waals surface area contributed by atoms with Gasteiger partial charge in [-0.3, -0.25) is 4.98 Å². The second-order valence-electron chi connectivity index (χ2n) is 4.66. The lowest BCUT2D eigenvalue weighted by molar-refractivity contribution is 0.673. The zero-order valence-corrected chi connectivity index (χ0v) is 11.4. The average Bonchev–Trinajstić information content (AvgIpc) is 2.66. The molecule has 0 aliphatic rings. The van der Waals surface area contributed by atoms with E-state index in [0.717, 1.165) is 29.2 Å². The van der Waals surface area contributed by atoms with Crippen molar-refractivity contribution in [2.45, 2.75) is 40.2 Å². The van der Waals surface area contributed by atoms with Gasteiger partial charge in [0.15, 0.2) is 0 Å². The first-order valence-electron chi connectivity index (χ1n) is 6.29. The van der Waals surface area contributed by atoms with Gasteiger partial charge in [0.05, 0.1) is 23.3 Å². The molecule has 0 unspecified atom stereocenters. The molecule has 0 saturated heterocycles. The van der Waals surface area contributed by atoms with Crippen LogP contribution in [0.3, 0.4) is 0 Å². The first kappa shape index (κ1) is 12.8. The summed E-state index contributed by atoms with van der Waals surface area (Å²) in [4.78, 5) is 4.42. The summed E-state index contributed by atoms with van der Waals surface area (Å²) in [5.41, 5.74) is 11.3. The molecule has 2 aromatic heterocycles. The maximum atomic E-state index is 5.96. The van der Waals surface area contributed by atoms with E-state index in [1.54, 1.807) is 0 Å². The second kappa shape index (κ2) is 4.90. The van der Waals surface area contributed by atoms with Crippen molar-refractivity contribution < 1.29 is 0 Å². The van der Waals surface area contributed by atoms with E-state index in [9.17, 15) is 0 Å². The lowest BCUT2D eigenvalue weighted by atomic mass is 10.1. The van der Waals surface area contributed by atoms with Crippen molar-refractivity contribution in [2.24, 2.45) is 5.73 Å². The molecule has 0 saturated carbocycles. The summed E-state index contributed by atoms with van der Waals surface area (Å²) in [7, 11) is 0. The first-order chi connectivity index (χ1) is 8.54. The molecule has 18 heavy (non-hydrogen) atoms. The lowest BCUT2D eigenvalue weighted by Gasteiger charge is -2.09. The molecule has 0 bridgehead atoms. The Labute approximate surface area is 108 Å². The third kappa shape index (κ3) is 2.16. The molecule has 0 spiro atoms. The number of hydrogen-bond donors (Lipinski definition) is 1. The topological polar surface area (TPSA) is 56.7 Å². The molecular formula is C14H20N4.